The van der Waals surface area contributed by atoms with E-state index in [0.29, 0.717) is 22.5 Å². The first-order chi connectivity index (χ1) is 16.4. The highest BCUT2D eigenvalue weighted by Crippen LogP contribution is 2.42. The van der Waals surface area contributed by atoms with Gasteiger partial charge in [0.05, 0.1) is 10.7 Å². The van der Waals surface area contributed by atoms with Gasteiger partial charge in [-0.1, -0.05) is 42.8 Å². The summed E-state index contributed by atoms with van der Waals surface area (Å²) in [6, 6.07) is 15.4. The van der Waals surface area contributed by atoms with Crippen molar-refractivity contribution < 1.29 is 9.90 Å². The fraction of sp³-hybridized carbons (Fsp3) is 0.333. The maximum atomic E-state index is 12.4. The third-order valence-corrected chi connectivity index (χ3v) is 7.79. The van der Waals surface area contributed by atoms with Crippen molar-refractivity contribution in [2.24, 2.45) is 11.3 Å². The fourth-order valence-electron chi connectivity index (χ4n) is 5.35. The Labute approximate surface area is 204 Å². The fourth-order valence-corrected chi connectivity index (χ4v) is 5.63. The molecule has 3 aliphatic rings. The predicted molar refractivity (Wildman–Crippen MR) is 135 cm³/mol. The van der Waals surface area contributed by atoms with Gasteiger partial charge in [-0.25, -0.2) is 4.98 Å². The van der Waals surface area contributed by atoms with Crippen LogP contribution in [-0.4, -0.2) is 48.7 Å². The van der Waals surface area contributed by atoms with Gasteiger partial charge in [0.2, 0.25) is 5.91 Å². The number of aromatic hydroxyl groups is 1. The highest BCUT2D eigenvalue weighted by atomic mass is 35.5. The smallest absolute Gasteiger partial charge is 0.229 e. The quantitative estimate of drug-likeness (QED) is 0.580. The third kappa shape index (κ3) is 3.44. The van der Waals surface area contributed by atoms with Gasteiger partial charge in [0, 0.05) is 61.4 Å². The largest absolute Gasteiger partial charge is 0.507 e. The second-order valence-corrected chi connectivity index (χ2v) is 10.3. The van der Waals surface area contributed by atoms with Gasteiger partial charge in [0.25, 0.3) is 0 Å². The summed E-state index contributed by atoms with van der Waals surface area (Å²) in [7, 11) is 0. The highest BCUT2D eigenvalue weighted by Gasteiger charge is 2.47. The molecule has 6 rings (SSSR count). The maximum absolute atomic E-state index is 12.4. The lowest BCUT2D eigenvalue weighted by molar-refractivity contribution is -0.119. The number of pyridine rings is 1. The Morgan fingerprint density at radius 2 is 1.82 bits per heavy atom. The number of phenolic OH excluding ortho intramolecular Hbond substituents is 1. The van der Waals surface area contributed by atoms with Gasteiger partial charge < -0.3 is 20.2 Å². The molecule has 174 valence electrons. The van der Waals surface area contributed by atoms with E-state index in [1.807, 2.05) is 55.5 Å². The lowest BCUT2D eigenvalue weighted by Crippen LogP contribution is -2.71. The molecule has 0 saturated carbocycles. The molecule has 0 aliphatic carbocycles. The van der Waals surface area contributed by atoms with Gasteiger partial charge in [-0.15, -0.1) is 0 Å². The minimum Gasteiger partial charge on any atom is -0.507 e. The first kappa shape index (κ1) is 21.4. The number of phenols is 1. The van der Waals surface area contributed by atoms with E-state index in [1.54, 1.807) is 11.1 Å². The van der Waals surface area contributed by atoms with Crippen LogP contribution in [0.25, 0.3) is 22.3 Å². The van der Waals surface area contributed by atoms with Crippen molar-refractivity contribution >= 4 is 29.0 Å². The molecule has 1 aromatic heterocycles. The van der Waals surface area contributed by atoms with Crippen molar-refractivity contribution in [2.75, 3.05) is 42.5 Å². The highest BCUT2D eigenvalue weighted by molar-refractivity contribution is 6.34. The topological polar surface area (TPSA) is 68.7 Å². The van der Waals surface area contributed by atoms with Crippen LogP contribution in [0.2, 0.25) is 5.02 Å². The summed E-state index contributed by atoms with van der Waals surface area (Å²) in [5.74, 6) is 1.28. The van der Waals surface area contributed by atoms with Crippen LogP contribution in [0.3, 0.4) is 0 Å². The maximum Gasteiger partial charge on any atom is 0.229 e. The molecule has 0 radical (unpaired) electrons. The van der Waals surface area contributed by atoms with Gasteiger partial charge in [-0.05, 0) is 41.8 Å². The zero-order chi connectivity index (χ0) is 23.4. The van der Waals surface area contributed by atoms with Crippen LogP contribution >= 0.6 is 11.6 Å². The number of hydrogen-bond donors (Lipinski definition) is 2. The lowest BCUT2D eigenvalue weighted by atomic mass is 9.74. The Hall–Kier alpha value is -3.09. The SMILES string of the molecule is CC1CCN(c2ccc(-c3cccc(-c4ccnc(N5CC6(CNC6)C5)c4)c3O)cc2Cl)C1=O. The number of carbonyl (C=O) groups excluding carboxylic acids is 1. The number of nitrogens with zero attached hydrogens (tertiary/aromatic N) is 3. The van der Waals surface area contributed by atoms with Gasteiger partial charge in [0.15, 0.2) is 0 Å². The van der Waals surface area contributed by atoms with E-state index < -0.39 is 0 Å². The van der Waals surface area contributed by atoms with Crippen molar-refractivity contribution in [3.05, 3.63) is 59.8 Å². The molecule has 1 amide bonds. The van der Waals surface area contributed by atoms with E-state index in [1.165, 1.54) is 0 Å². The number of nitrogens with one attached hydrogen (secondary N) is 1. The number of hydrogen-bond acceptors (Lipinski definition) is 5. The van der Waals surface area contributed by atoms with Gasteiger partial charge in [0.1, 0.15) is 11.6 Å². The zero-order valence-electron chi connectivity index (χ0n) is 19.1. The number of halogens is 1. The van der Waals surface area contributed by atoms with E-state index in [4.69, 9.17) is 11.6 Å². The molecule has 3 saturated heterocycles. The molecule has 1 atom stereocenters. The van der Waals surface area contributed by atoms with Crippen LogP contribution in [0.4, 0.5) is 11.5 Å². The van der Waals surface area contributed by atoms with Crippen LogP contribution < -0.4 is 15.1 Å². The van der Waals surface area contributed by atoms with E-state index in [-0.39, 0.29) is 17.6 Å². The van der Waals surface area contributed by atoms with Crippen LogP contribution in [0.5, 0.6) is 5.75 Å². The summed E-state index contributed by atoms with van der Waals surface area (Å²) in [5.41, 5.74) is 4.34. The van der Waals surface area contributed by atoms with E-state index in [9.17, 15) is 9.90 Å². The van der Waals surface area contributed by atoms with Gasteiger partial charge in [-0.3, -0.25) is 4.79 Å². The lowest BCUT2D eigenvalue weighted by Gasteiger charge is -2.56. The van der Waals surface area contributed by atoms with Crippen LogP contribution in [0.15, 0.2) is 54.7 Å². The number of aromatic nitrogens is 1. The number of benzene rings is 2. The van der Waals surface area contributed by atoms with Crippen molar-refractivity contribution in [2.45, 2.75) is 13.3 Å². The standard InChI is InChI=1S/C27H27ClN4O2/c1-17-8-10-32(26(17)34)23-6-5-18(11-22(23)28)20-3-2-4-21(25(20)33)19-7-9-30-24(12-19)31-15-27(16-31)13-29-14-27/h2-7,9,11-12,17,29,33H,8,10,13-16H2,1H3. The summed E-state index contributed by atoms with van der Waals surface area (Å²) < 4.78 is 0. The molecule has 0 bridgehead atoms. The molecule has 7 heteroatoms. The minimum atomic E-state index is 0.0221. The third-order valence-electron chi connectivity index (χ3n) is 7.49. The average Bonchev–Trinajstić information content (AvgIpc) is 3.10. The van der Waals surface area contributed by atoms with Gasteiger partial charge in [-0.2, -0.15) is 0 Å². The Bertz CT molecular complexity index is 1280. The Balaban J connectivity index is 1.29. The molecule has 1 spiro atoms. The number of rotatable bonds is 4. The van der Waals surface area contributed by atoms with Crippen molar-refractivity contribution in [1.29, 1.82) is 0 Å². The second-order valence-electron chi connectivity index (χ2n) is 9.91. The summed E-state index contributed by atoms with van der Waals surface area (Å²) >= 11 is 6.61. The molecule has 3 aromatic rings. The molecule has 2 N–H and O–H groups in total. The number of carbonyl (C=O) groups is 1. The molecule has 4 heterocycles. The monoisotopic (exact) mass is 474 g/mol. The Kier molecular flexibility index (Phi) is 5.04. The zero-order valence-corrected chi connectivity index (χ0v) is 19.8. The van der Waals surface area contributed by atoms with Crippen LogP contribution in [0.1, 0.15) is 13.3 Å². The van der Waals surface area contributed by atoms with Crippen LogP contribution in [-0.2, 0) is 4.79 Å². The van der Waals surface area contributed by atoms with Gasteiger partial charge >= 0.3 is 0 Å². The van der Waals surface area contributed by atoms with Crippen molar-refractivity contribution in [3.63, 3.8) is 0 Å². The Morgan fingerprint density at radius 3 is 2.44 bits per heavy atom. The average molecular weight is 475 g/mol. The molecule has 3 fully saturated rings. The first-order valence-corrected chi connectivity index (χ1v) is 12.2. The summed E-state index contributed by atoms with van der Waals surface area (Å²) in [6.07, 6.45) is 2.64. The molecular weight excluding hydrogens is 448 g/mol. The Morgan fingerprint density at radius 1 is 1.09 bits per heavy atom. The molecule has 34 heavy (non-hydrogen) atoms. The molecule has 6 nitrogen and oxygen atoms in total. The van der Waals surface area contributed by atoms with Crippen LogP contribution in [0, 0.1) is 11.3 Å². The normalized spacial score (nSPS) is 21.0. The second kappa shape index (κ2) is 8.00. The molecule has 1 unspecified atom stereocenters. The van der Waals surface area contributed by atoms with E-state index in [0.717, 1.165) is 60.8 Å². The number of para-hydroxylation sites is 1. The summed E-state index contributed by atoms with van der Waals surface area (Å²) in [6.45, 7) is 6.83. The van der Waals surface area contributed by atoms with Crippen molar-refractivity contribution in [1.82, 2.24) is 10.3 Å². The molecular formula is C27H27ClN4O2. The molecule has 3 aliphatic heterocycles. The first-order valence-electron chi connectivity index (χ1n) is 11.8. The van der Waals surface area contributed by atoms with E-state index >= 15 is 0 Å². The minimum absolute atomic E-state index is 0.0221. The van der Waals surface area contributed by atoms with E-state index in [2.05, 4.69) is 15.2 Å². The summed E-state index contributed by atoms with van der Waals surface area (Å²) in [4.78, 5) is 21.1. The number of amides is 1. The number of anilines is 2. The van der Waals surface area contributed by atoms with Crippen molar-refractivity contribution in [3.8, 4) is 28.0 Å². The predicted octanol–water partition coefficient (Wildman–Crippen LogP) is 4.56. The summed E-state index contributed by atoms with van der Waals surface area (Å²) in [5, 5.41) is 15.1. The molecule has 2 aromatic carbocycles.